The molecular weight excluding hydrogens is 283 g/mol. The first-order valence-corrected chi connectivity index (χ1v) is 5.66. The normalized spacial score (nSPS) is 23.4. The molecule has 0 aromatic carbocycles. The molecule has 0 radical (unpaired) electrons. The third-order valence-corrected chi connectivity index (χ3v) is 3.05. The molecule has 1 heterocycles. The number of halogens is 3. The number of rotatable bonds is 3. The number of likely N-dealkylation sites (tertiary alicyclic amines) is 1. The van der Waals surface area contributed by atoms with Crippen molar-refractivity contribution >= 4 is 17.8 Å². The summed E-state index contributed by atoms with van der Waals surface area (Å²) >= 11 is 0. The Morgan fingerprint density at radius 3 is 2.30 bits per heavy atom. The number of carbonyl (C=O) groups is 3. The maximum Gasteiger partial charge on any atom is 0.406 e. The van der Waals surface area contributed by atoms with Crippen molar-refractivity contribution < 1.29 is 32.7 Å². The number of aliphatic carboxylic acids is 1. The number of carboxylic acids is 1. The van der Waals surface area contributed by atoms with Crippen LogP contribution in [0.3, 0.4) is 0 Å². The van der Waals surface area contributed by atoms with Gasteiger partial charge in [-0.3, -0.25) is 30.1 Å². The van der Waals surface area contributed by atoms with E-state index in [1.165, 1.54) is 0 Å². The van der Waals surface area contributed by atoms with Gasteiger partial charge in [-0.2, -0.15) is 13.2 Å². The molecule has 0 spiro atoms. The van der Waals surface area contributed by atoms with E-state index in [0.717, 1.165) is 11.8 Å². The van der Waals surface area contributed by atoms with Crippen LogP contribution < -0.4 is 10.9 Å². The molecule has 1 atom stereocenters. The summed E-state index contributed by atoms with van der Waals surface area (Å²) in [6.45, 7) is -0.237. The van der Waals surface area contributed by atoms with Gasteiger partial charge in [0.15, 0.2) is 5.41 Å². The van der Waals surface area contributed by atoms with Crippen molar-refractivity contribution in [2.75, 3.05) is 19.6 Å². The minimum absolute atomic E-state index is 0.167. The summed E-state index contributed by atoms with van der Waals surface area (Å²) < 4.78 is 38.6. The Kier molecular flexibility index (Phi) is 4.58. The highest BCUT2D eigenvalue weighted by molar-refractivity contribution is 5.82. The lowest BCUT2D eigenvalue weighted by Gasteiger charge is -2.27. The average Bonchev–Trinajstić information content (AvgIpc) is 2.71. The Balaban J connectivity index is 2.64. The van der Waals surface area contributed by atoms with Crippen LogP contribution in [-0.2, 0) is 14.4 Å². The zero-order valence-electron chi connectivity index (χ0n) is 10.6. The van der Waals surface area contributed by atoms with Crippen LogP contribution in [0.15, 0.2) is 0 Å². The van der Waals surface area contributed by atoms with E-state index in [-0.39, 0.29) is 6.54 Å². The van der Waals surface area contributed by atoms with Gasteiger partial charge in [0.05, 0.1) is 6.54 Å². The zero-order chi connectivity index (χ0) is 15.6. The van der Waals surface area contributed by atoms with E-state index in [4.69, 9.17) is 5.11 Å². The van der Waals surface area contributed by atoms with Crippen molar-refractivity contribution in [3.8, 4) is 0 Å². The number of carbonyl (C=O) groups excluding carboxylic acids is 2. The lowest BCUT2D eigenvalue weighted by atomic mass is 9.86. The number of hydrazine groups is 1. The van der Waals surface area contributed by atoms with Gasteiger partial charge in [0.2, 0.25) is 5.91 Å². The van der Waals surface area contributed by atoms with Gasteiger partial charge in [0, 0.05) is 20.0 Å². The minimum Gasteiger partial charge on any atom is -0.481 e. The Bertz CT molecular complexity index is 426. The molecule has 1 rings (SSSR count). The summed E-state index contributed by atoms with van der Waals surface area (Å²) in [6, 6.07) is 0. The molecule has 0 bridgehead atoms. The van der Waals surface area contributed by atoms with E-state index in [9.17, 15) is 27.6 Å². The lowest BCUT2D eigenvalue weighted by Crippen LogP contribution is -2.49. The van der Waals surface area contributed by atoms with E-state index >= 15 is 0 Å². The van der Waals surface area contributed by atoms with Crippen molar-refractivity contribution in [1.82, 2.24) is 15.8 Å². The number of alkyl halides is 3. The molecule has 1 saturated heterocycles. The molecule has 1 aliphatic heterocycles. The molecule has 0 aromatic heterocycles. The Labute approximate surface area is 112 Å². The topological polar surface area (TPSA) is 98.7 Å². The van der Waals surface area contributed by atoms with E-state index in [2.05, 4.69) is 0 Å². The van der Waals surface area contributed by atoms with Crippen LogP contribution in [0.4, 0.5) is 13.2 Å². The predicted molar refractivity (Wildman–Crippen MR) is 59.1 cm³/mol. The Morgan fingerprint density at radius 1 is 1.30 bits per heavy atom. The summed E-state index contributed by atoms with van der Waals surface area (Å²) in [6.07, 6.45) is -5.50. The molecule has 1 fully saturated rings. The Morgan fingerprint density at radius 2 is 1.90 bits per heavy atom. The molecule has 1 unspecified atom stereocenters. The second-order valence-electron chi connectivity index (χ2n) is 4.58. The van der Waals surface area contributed by atoms with Gasteiger partial charge in [-0.25, -0.2) is 0 Å². The van der Waals surface area contributed by atoms with Crippen LogP contribution in [-0.4, -0.2) is 53.6 Å². The van der Waals surface area contributed by atoms with Crippen LogP contribution >= 0.6 is 0 Å². The van der Waals surface area contributed by atoms with Crippen LogP contribution in [0.1, 0.15) is 13.3 Å². The summed E-state index contributed by atoms with van der Waals surface area (Å²) in [5, 5.41) is 8.82. The van der Waals surface area contributed by atoms with Crippen molar-refractivity contribution in [2.45, 2.75) is 19.5 Å². The number of hydrogen-bond donors (Lipinski definition) is 3. The van der Waals surface area contributed by atoms with Gasteiger partial charge in [0.1, 0.15) is 0 Å². The van der Waals surface area contributed by atoms with E-state index in [1.54, 1.807) is 0 Å². The second kappa shape index (κ2) is 5.65. The first kappa shape index (κ1) is 16.2. The maximum absolute atomic E-state index is 12.9. The quantitative estimate of drug-likeness (QED) is 0.610. The molecule has 20 heavy (non-hydrogen) atoms. The fourth-order valence-corrected chi connectivity index (χ4v) is 1.95. The summed E-state index contributed by atoms with van der Waals surface area (Å²) in [5.41, 5.74) is 1.14. The number of nitrogens with zero attached hydrogens (tertiary/aromatic N) is 1. The van der Waals surface area contributed by atoms with Crippen molar-refractivity contribution in [1.29, 1.82) is 0 Å². The SMILES string of the molecule is CC(=O)NNC(=O)CN1CCC(C(=O)O)(C(F)(F)F)C1. The lowest BCUT2D eigenvalue weighted by molar-refractivity contribution is -0.227. The standard InChI is InChI=1S/C10H14F3N3O4/c1-6(17)14-15-7(18)4-16-3-2-9(5-16,8(19)20)10(11,12)13/h2-5H2,1H3,(H,14,17)(H,15,18)(H,19,20). The molecule has 114 valence electrons. The molecular formula is C10H14F3N3O4. The molecule has 7 nitrogen and oxygen atoms in total. The third kappa shape index (κ3) is 3.38. The third-order valence-electron chi connectivity index (χ3n) is 3.05. The molecule has 0 aliphatic carbocycles. The van der Waals surface area contributed by atoms with Crippen LogP contribution in [0.5, 0.6) is 0 Å². The fourth-order valence-electron chi connectivity index (χ4n) is 1.95. The largest absolute Gasteiger partial charge is 0.481 e. The number of amides is 2. The number of carboxylic acid groups (broad SMARTS) is 1. The van der Waals surface area contributed by atoms with Crippen LogP contribution in [0.25, 0.3) is 0 Å². The highest BCUT2D eigenvalue weighted by Crippen LogP contribution is 2.45. The monoisotopic (exact) mass is 297 g/mol. The maximum atomic E-state index is 12.9. The molecule has 0 saturated carbocycles. The van der Waals surface area contributed by atoms with Crippen molar-refractivity contribution in [3.05, 3.63) is 0 Å². The van der Waals surface area contributed by atoms with Crippen molar-refractivity contribution in [3.63, 3.8) is 0 Å². The first-order chi connectivity index (χ1) is 9.08. The summed E-state index contributed by atoms with van der Waals surface area (Å²) in [7, 11) is 0. The van der Waals surface area contributed by atoms with Gasteiger partial charge >= 0.3 is 12.1 Å². The second-order valence-corrected chi connectivity index (χ2v) is 4.58. The van der Waals surface area contributed by atoms with E-state index in [0.29, 0.717) is 0 Å². The van der Waals surface area contributed by atoms with Crippen LogP contribution in [0, 0.1) is 5.41 Å². The van der Waals surface area contributed by atoms with E-state index < -0.39 is 48.9 Å². The summed E-state index contributed by atoms with van der Waals surface area (Å²) in [5.74, 6) is -3.20. The molecule has 3 N–H and O–H groups in total. The van der Waals surface area contributed by atoms with Gasteiger partial charge in [-0.1, -0.05) is 0 Å². The average molecular weight is 297 g/mol. The van der Waals surface area contributed by atoms with Gasteiger partial charge in [-0.15, -0.1) is 0 Å². The zero-order valence-corrected chi connectivity index (χ0v) is 10.6. The Hall–Kier alpha value is -1.84. The highest BCUT2D eigenvalue weighted by Gasteiger charge is 2.63. The van der Waals surface area contributed by atoms with E-state index in [1.807, 2.05) is 10.9 Å². The van der Waals surface area contributed by atoms with Gasteiger partial charge < -0.3 is 5.11 Å². The van der Waals surface area contributed by atoms with Gasteiger partial charge in [-0.05, 0) is 6.42 Å². The van der Waals surface area contributed by atoms with Crippen LogP contribution in [0.2, 0.25) is 0 Å². The molecule has 10 heteroatoms. The minimum atomic E-state index is -4.89. The number of nitrogens with one attached hydrogen (secondary N) is 2. The molecule has 2 amide bonds. The van der Waals surface area contributed by atoms with Gasteiger partial charge in [0.25, 0.3) is 5.91 Å². The smallest absolute Gasteiger partial charge is 0.406 e. The molecule has 0 aromatic rings. The predicted octanol–water partition coefficient (Wildman–Crippen LogP) is -0.507. The highest BCUT2D eigenvalue weighted by atomic mass is 19.4. The molecule has 1 aliphatic rings. The number of hydrogen-bond acceptors (Lipinski definition) is 4. The summed E-state index contributed by atoms with van der Waals surface area (Å²) in [4.78, 5) is 33.9. The first-order valence-electron chi connectivity index (χ1n) is 5.66. The fraction of sp³-hybridized carbons (Fsp3) is 0.700. The van der Waals surface area contributed by atoms with Crippen molar-refractivity contribution in [2.24, 2.45) is 5.41 Å².